The third-order valence-electron chi connectivity index (χ3n) is 2.62. The molecule has 0 aromatic carbocycles. The van der Waals surface area contributed by atoms with E-state index in [1.165, 1.54) is 0 Å². The zero-order chi connectivity index (χ0) is 12.0. The quantitative estimate of drug-likeness (QED) is 0.712. The summed E-state index contributed by atoms with van der Waals surface area (Å²) in [6, 6.07) is 0. The van der Waals surface area contributed by atoms with Crippen molar-refractivity contribution in [1.82, 2.24) is 10.6 Å². The maximum Gasteiger partial charge on any atom is 0.389 e. The summed E-state index contributed by atoms with van der Waals surface area (Å²) in [7, 11) is 0. The highest BCUT2D eigenvalue weighted by molar-refractivity contribution is 5.79. The maximum atomic E-state index is 11.8. The van der Waals surface area contributed by atoms with Crippen LogP contribution >= 0.6 is 0 Å². The van der Waals surface area contributed by atoms with Crippen LogP contribution < -0.4 is 10.6 Å². The van der Waals surface area contributed by atoms with Crippen molar-refractivity contribution in [3.8, 4) is 0 Å². The standard InChI is InChI=1S/C10H17F3N2O/c11-10(12,13)4-1-2-5-15-9(16)8-3-6-14-7-8/h8,14H,1-7H2,(H,15,16). The van der Waals surface area contributed by atoms with Crippen molar-refractivity contribution in [2.45, 2.75) is 31.9 Å². The van der Waals surface area contributed by atoms with Gasteiger partial charge in [-0.15, -0.1) is 0 Å². The number of hydrogen-bond acceptors (Lipinski definition) is 2. The predicted octanol–water partition coefficient (Wildman–Crippen LogP) is 1.44. The highest BCUT2D eigenvalue weighted by atomic mass is 19.4. The molecule has 1 fully saturated rings. The SMILES string of the molecule is O=C(NCCCCC(F)(F)F)C1CCNC1. The Kier molecular flexibility index (Phi) is 5.05. The smallest absolute Gasteiger partial charge is 0.356 e. The molecular weight excluding hydrogens is 221 g/mol. The summed E-state index contributed by atoms with van der Waals surface area (Å²) in [4.78, 5) is 11.4. The Morgan fingerprint density at radius 2 is 2.12 bits per heavy atom. The lowest BCUT2D eigenvalue weighted by atomic mass is 10.1. The summed E-state index contributed by atoms with van der Waals surface area (Å²) in [6.07, 6.45) is -3.58. The molecular formula is C10H17F3N2O. The first-order valence-electron chi connectivity index (χ1n) is 5.54. The Morgan fingerprint density at radius 3 is 2.69 bits per heavy atom. The summed E-state index contributed by atoms with van der Waals surface area (Å²) < 4.78 is 35.4. The summed E-state index contributed by atoms with van der Waals surface area (Å²) >= 11 is 0. The molecule has 16 heavy (non-hydrogen) atoms. The second-order valence-corrected chi connectivity index (χ2v) is 4.05. The van der Waals surface area contributed by atoms with Crippen molar-refractivity contribution >= 4 is 5.91 Å². The molecule has 0 aromatic heterocycles. The van der Waals surface area contributed by atoms with Crippen LogP contribution in [-0.2, 0) is 4.79 Å². The molecule has 0 spiro atoms. The maximum absolute atomic E-state index is 11.8. The number of hydrogen-bond donors (Lipinski definition) is 2. The molecule has 1 unspecified atom stereocenters. The van der Waals surface area contributed by atoms with Crippen LogP contribution in [0.1, 0.15) is 25.7 Å². The molecule has 1 saturated heterocycles. The minimum Gasteiger partial charge on any atom is -0.356 e. The van der Waals surface area contributed by atoms with E-state index in [0.717, 1.165) is 13.0 Å². The molecule has 1 aliphatic rings. The Morgan fingerprint density at radius 1 is 1.38 bits per heavy atom. The molecule has 0 aromatic rings. The molecule has 6 heteroatoms. The molecule has 0 radical (unpaired) electrons. The van der Waals surface area contributed by atoms with Gasteiger partial charge in [0.05, 0.1) is 5.92 Å². The molecule has 1 rings (SSSR count). The molecule has 2 N–H and O–H groups in total. The summed E-state index contributed by atoms with van der Waals surface area (Å²) in [5.41, 5.74) is 0. The van der Waals surface area contributed by atoms with Crippen molar-refractivity contribution < 1.29 is 18.0 Å². The van der Waals surface area contributed by atoms with Gasteiger partial charge in [-0.05, 0) is 25.8 Å². The van der Waals surface area contributed by atoms with Crippen molar-refractivity contribution in [3.05, 3.63) is 0 Å². The van der Waals surface area contributed by atoms with Crippen LogP contribution in [0.4, 0.5) is 13.2 Å². The van der Waals surface area contributed by atoms with Gasteiger partial charge in [-0.2, -0.15) is 13.2 Å². The van der Waals surface area contributed by atoms with E-state index >= 15 is 0 Å². The second-order valence-electron chi connectivity index (χ2n) is 4.05. The van der Waals surface area contributed by atoms with Gasteiger partial charge in [0.25, 0.3) is 0 Å². The molecule has 1 atom stereocenters. The average Bonchev–Trinajstić information content (AvgIpc) is 2.67. The van der Waals surface area contributed by atoms with Crippen LogP contribution in [0.3, 0.4) is 0 Å². The van der Waals surface area contributed by atoms with Gasteiger partial charge in [0, 0.05) is 19.5 Å². The predicted molar refractivity (Wildman–Crippen MR) is 53.9 cm³/mol. The van der Waals surface area contributed by atoms with Gasteiger partial charge in [-0.1, -0.05) is 0 Å². The summed E-state index contributed by atoms with van der Waals surface area (Å²) in [6.45, 7) is 1.85. The Hall–Kier alpha value is -0.780. The van der Waals surface area contributed by atoms with E-state index in [9.17, 15) is 18.0 Å². The van der Waals surface area contributed by atoms with E-state index in [1.807, 2.05) is 0 Å². The lowest BCUT2D eigenvalue weighted by Crippen LogP contribution is -2.32. The van der Waals surface area contributed by atoms with E-state index in [0.29, 0.717) is 19.5 Å². The first-order valence-corrected chi connectivity index (χ1v) is 5.54. The first-order chi connectivity index (χ1) is 7.49. The Balaban J connectivity index is 2.00. The number of nitrogens with one attached hydrogen (secondary N) is 2. The van der Waals surface area contributed by atoms with Gasteiger partial charge >= 0.3 is 6.18 Å². The van der Waals surface area contributed by atoms with Crippen molar-refractivity contribution in [2.75, 3.05) is 19.6 Å². The summed E-state index contributed by atoms with van der Waals surface area (Å²) in [5.74, 6) is -0.0559. The van der Waals surface area contributed by atoms with Crippen LogP contribution in [0.15, 0.2) is 0 Å². The fraction of sp³-hybridized carbons (Fsp3) is 0.900. The highest BCUT2D eigenvalue weighted by Gasteiger charge is 2.26. The number of carbonyl (C=O) groups excluding carboxylic acids is 1. The van der Waals surface area contributed by atoms with Crippen LogP contribution in [-0.4, -0.2) is 31.7 Å². The minimum absolute atomic E-state index is 0.0115. The molecule has 1 aliphatic heterocycles. The number of rotatable bonds is 5. The van der Waals surface area contributed by atoms with Crippen LogP contribution in [0, 0.1) is 5.92 Å². The zero-order valence-corrected chi connectivity index (χ0v) is 9.07. The van der Waals surface area contributed by atoms with E-state index < -0.39 is 12.6 Å². The normalized spacial score (nSPS) is 21.1. The molecule has 1 heterocycles. The topological polar surface area (TPSA) is 41.1 Å². The van der Waals surface area contributed by atoms with Crippen molar-refractivity contribution in [2.24, 2.45) is 5.92 Å². The second kappa shape index (κ2) is 6.08. The monoisotopic (exact) mass is 238 g/mol. The van der Waals surface area contributed by atoms with Crippen LogP contribution in [0.25, 0.3) is 0 Å². The number of unbranched alkanes of at least 4 members (excludes halogenated alkanes) is 1. The van der Waals surface area contributed by atoms with Crippen LogP contribution in [0.2, 0.25) is 0 Å². The number of halogens is 3. The summed E-state index contributed by atoms with van der Waals surface area (Å²) in [5, 5.41) is 5.73. The van der Waals surface area contributed by atoms with Crippen molar-refractivity contribution in [1.29, 1.82) is 0 Å². The third-order valence-corrected chi connectivity index (χ3v) is 2.62. The van der Waals surface area contributed by atoms with E-state index in [4.69, 9.17) is 0 Å². The van der Waals surface area contributed by atoms with Gasteiger partial charge in [0.1, 0.15) is 0 Å². The molecule has 0 bridgehead atoms. The number of carbonyl (C=O) groups is 1. The average molecular weight is 238 g/mol. The third kappa shape index (κ3) is 5.34. The molecule has 0 saturated carbocycles. The molecule has 94 valence electrons. The highest BCUT2D eigenvalue weighted by Crippen LogP contribution is 2.21. The minimum atomic E-state index is -4.08. The van der Waals surface area contributed by atoms with Gasteiger partial charge in [-0.25, -0.2) is 0 Å². The Labute approximate surface area is 92.8 Å². The number of amides is 1. The fourth-order valence-corrected chi connectivity index (χ4v) is 1.68. The fourth-order valence-electron chi connectivity index (χ4n) is 1.68. The van der Waals surface area contributed by atoms with Gasteiger partial charge in [0.15, 0.2) is 0 Å². The van der Waals surface area contributed by atoms with Gasteiger partial charge in [-0.3, -0.25) is 4.79 Å². The molecule has 0 aliphatic carbocycles. The van der Waals surface area contributed by atoms with E-state index in [2.05, 4.69) is 10.6 Å². The Bertz CT molecular complexity index is 225. The number of alkyl halides is 3. The lowest BCUT2D eigenvalue weighted by molar-refractivity contribution is -0.135. The van der Waals surface area contributed by atoms with E-state index in [1.54, 1.807) is 0 Å². The first kappa shape index (κ1) is 13.3. The zero-order valence-electron chi connectivity index (χ0n) is 9.07. The lowest BCUT2D eigenvalue weighted by Gasteiger charge is -2.10. The van der Waals surface area contributed by atoms with Gasteiger partial charge in [0.2, 0.25) is 5.91 Å². The van der Waals surface area contributed by atoms with E-state index in [-0.39, 0.29) is 18.2 Å². The molecule has 3 nitrogen and oxygen atoms in total. The largest absolute Gasteiger partial charge is 0.389 e. The van der Waals surface area contributed by atoms with Crippen molar-refractivity contribution in [3.63, 3.8) is 0 Å². The van der Waals surface area contributed by atoms with Crippen LogP contribution in [0.5, 0.6) is 0 Å². The molecule has 1 amide bonds. The van der Waals surface area contributed by atoms with Gasteiger partial charge < -0.3 is 10.6 Å².